The van der Waals surface area contributed by atoms with Crippen LogP contribution in [-0.2, 0) is 37.9 Å². The summed E-state index contributed by atoms with van der Waals surface area (Å²) in [5.41, 5.74) is 7.80. The largest absolute Gasteiger partial charge is 0.352 e. The van der Waals surface area contributed by atoms with Crippen molar-refractivity contribution in [1.29, 1.82) is 0 Å². The van der Waals surface area contributed by atoms with Crippen LogP contribution < -0.4 is 5.32 Å². The number of hydrogen-bond donors (Lipinski definition) is 1. The van der Waals surface area contributed by atoms with Crippen molar-refractivity contribution in [3.8, 4) is 32.5 Å². The Labute approximate surface area is 387 Å². The monoisotopic (exact) mass is 1030 g/mol. The maximum Gasteiger partial charge on any atom is 0.220 e. The molecule has 11 rings (SSSR count). The molecule has 0 aliphatic rings. The van der Waals surface area contributed by atoms with Gasteiger partial charge in [-0.2, -0.15) is 0 Å². The predicted octanol–water partition coefficient (Wildman–Crippen LogP) is 12.6. The quantitative estimate of drug-likeness (QED) is 0.152. The van der Waals surface area contributed by atoms with Gasteiger partial charge >= 0.3 is 0 Å². The Hall–Kier alpha value is -6.81. The van der Waals surface area contributed by atoms with Gasteiger partial charge in [-0.05, 0) is 89.9 Å². The summed E-state index contributed by atoms with van der Waals surface area (Å²) in [4.78, 5) is 36.2. The summed E-state index contributed by atoms with van der Waals surface area (Å²) in [5, 5.41) is 7.59. The van der Waals surface area contributed by atoms with Gasteiger partial charge < -0.3 is 5.32 Å². The number of nitrogens with zero attached hydrogens (tertiary/aromatic N) is 5. The molecule has 1 N–H and O–H groups in total. The zero-order valence-corrected chi connectivity index (χ0v) is 37.8. The third-order valence-electron chi connectivity index (χ3n) is 9.99. The van der Waals surface area contributed by atoms with Gasteiger partial charge in [0.2, 0.25) is 5.91 Å². The van der Waals surface area contributed by atoms with Gasteiger partial charge in [0.25, 0.3) is 0 Å². The number of para-hydroxylation sites is 2. The summed E-state index contributed by atoms with van der Waals surface area (Å²) in [6.07, 6.45) is 8.17. The second-order valence-electron chi connectivity index (χ2n) is 14.3. The molecule has 0 fully saturated rings. The third-order valence-corrected chi connectivity index (χ3v) is 12.2. The molecule has 1 radical (unpaired) electrons. The number of aromatic nitrogens is 5. The topological polar surface area (TPSA) is 93.6 Å². The van der Waals surface area contributed by atoms with E-state index >= 15 is 0 Å². The van der Waals surface area contributed by atoms with Crippen LogP contribution in [0.4, 0.5) is 0 Å². The number of aryl methyl sites for hydroxylation is 1. The Morgan fingerprint density at radius 1 is 0.508 bits per heavy atom. The van der Waals surface area contributed by atoms with E-state index in [1.165, 1.54) is 20.2 Å². The fourth-order valence-corrected chi connectivity index (χ4v) is 8.69. The number of carbonyl (C=O) groups is 1. The van der Waals surface area contributed by atoms with E-state index < -0.39 is 0 Å². The second-order valence-corrected chi connectivity index (χ2v) is 16.4. The molecule has 0 atom stereocenters. The SMILES string of the molecule is O=C(CCc1ccncc1)NCc1ccc(-c2ccccn2)nc1.[Ir].[c-]1c(-c2ccc3ccccc3n2)sc2ccccc12.[c-]1c(-c2ccc3ccccc3n2)sc2ccccc12. The minimum absolute atomic E-state index is 0. The van der Waals surface area contributed by atoms with E-state index in [4.69, 9.17) is 9.97 Å². The molecule has 7 heterocycles. The number of amides is 1. The molecule has 0 unspecified atom stereocenters. The van der Waals surface area contributed by atoms with Crippen molar-refractivity contribution >= 4 is 70.6 Å². The van der Waals surface area contributed by atoms with Gasteiger partial charge in [-0.15, -0.1) is 47.2 Å². The summed E-state index contributed by atoms with van der Waals surface area (Å²) in [7, 11) is 0. The van der Waals surface area contributed by atoms with Crippen LogP contribution in [0.3, 0.4) is 0 Å². The molecule has 309 valence electrons. The molecule has 0 spiro atoms. The number of hydrogen-bond acceptors (Lipinski definition) is 8. The van der Waals surface area contributed by atoms with Crippen LogP contribution in [0.15, 0.2) is 189 Å². The van der Waals surface area contributed by atoms with E-state index in [2.05, 4.69) is 105 Å². The number of benzene rings is 4. The van der Waals surface area contributed by atoms with Crippen molar-refractivity contribution in [2.45, 2.75) is 19.4 Å². The Morgan fingerprint density at radius 3 is 1.60 bits per heavy atom. The van der Waals surface area contributed by atoms with Gasteiger partial charge in [0.05, 0.1) is 22.4 Å². The van der Waals surface area contributed by atoms with Crippen LogP contribution in [0.5, 0.6) is 0 Å². The fourth-order valence-electron chi connectivity index (χ4n) is 6.74. The molecular formula is C53H38IrN6OS2-2. The Bertz CT molecular complexity index is 3010. The van der Waals surface area contributed by atoms with Crippen molar-refractivity contribution in [2.75, 3.05) is 0 Å². The van der Waals surface area contributed by atoms with Gasteiger partial charge in [-0.3, -0.25) is 29.7 Å². The molecule has 7 nitrogen and oxygen atoms in total. The van der Waals surface area contributed by atoms with Gasteiger partial charge in [0.15, 0.2) is 0 Å². The molecule has 1 amide bonds. The Balaban J connectivity index is 0.000000130. The molecule has 11 aromatic rings. The standard InChI is InChI=1S/C19H18N4O.2C17H10NS.Ir/c24-19(7-5-15-8-11-20-12-9-15)23-14-16-4-6-18(22-13-16)17-3-1-2-10-21-17;2*1-3-7-14-12(5-1)9-10-15(18-14)17-11-13-6-2-4-8-16(13)19-17;/h1-4,6,8-13H,5,7,14H2,(H,23,24);2*1-10H;/q;2*-1;. The minimum Gasteiger partial charge on any atom is -0.352 e. The number of carbonyl (C=O) groups excluding carboxylic acids is 1. The summed E-state index contributed by atoms with van der Waals surface area (Å²) in [6.45, 7) is 0.477. The van der Waals surface area contributed by atoms with Gasteiger partial charge in [0.1, 0.15) is 0 Å². The maximum atomic E-state index is 11.9. The number of nitrogens with one attached hydrogen (secondary N) is 1. The zero-order chi connectivity index (χ0) is 41.9. The Kier molecular flexibility index (Phi) is 14.2. The number of thiophene rings is 2. The summed E-state index contributed by atoms with van der Waals surface area (Å²) >= 11 is 3.48. The average Bonchev–Trinajstić information content (AvgIpc) is 3.99. The van der Waals surface area contributed by atoms with Crippen molar-refractivity contribution in [3.05, 3.63) is 212 Å². The number of rotatable bonds is 8. The molecule has 0 aliphatic heterocycles. The first-order valence-corrected chi connectivity index (χ1v) is 21.8. The van der Waals surface area contributed by atoms with Crippen molar-refractivity contribution in [1.82, 2.24) is 30.2 Å². The van der Waals surface area contributed by atoms with E-state index in [1.54, 1.807) is 47.5 Å². The summed E-state index contributed by atoms with van der Waals surface area (Å²) in [5.74, 6) is 0.0283. The molecule has 10 heteroatoms. The maximum absolute atomic E-state index is 11.9. The van der Waals surface area contributed by atoms with E-state index in [-0.39, 0.29) is 26.0 Å². The van der Waals surface area contributed by atoms with Gasteiger partial charge in [-0.1, -0.05) is 97.1 Å². The molecule has 63 heavy (non-hydrogen) atoms. The van der Waals surface area contributed by atoms with Crippen LogP contribution in [0, 0.1) is 12.1 Å². The Morgan fingerprint density at radius 2 is 1.05 bits per heavy atom. The molecular weight excluding hydrogens is 993 g/mol. The van der Waals surface area contributed by atoms with Gasteiger partial charge in [0, 0.05) is 69.2 Å². The first-order valence-electron chi connectivity index (χ1n) is 20.2. The number of pyridine rings is 5. The second kappa shape index (κ2) is 20.8. The van der Waals surface area contributed by atoms with Crippen molar-refractivity contribution in [2.24, 2.45) is 0 Å². The van der Waals surface area contributed by atoms with Crippen LogP contribution in [0.2, 0.25) is 0 Å². The summed E-state index contributed by atoms with van der Waals surface area (Å²) < 4.78 is 2.51. The van der Waals surface area contributed by atoms with Crippen molar-refractivity contribution in [3.63, 3.8) is 0 Å². The molecule has 0 saturated heterocycles. The normalized spacial score (nSPS) is 10.7. The predicted molar refractivity (Wildman–Crippen MR) is 255 cm³/mol. The van der Waals surface area contributed by atoms with Crippen molar-refractivity contribution < 1.29 is 24.9 Å². The number of fused-ring (bicyclic) bond motifs is 4. The molecule has 0 bridgehead atoms. The first kappa shape index (κ1) is 42.9. The van der Waals surface area contributed by atoms with Gasteiger partial charge in [-0.25, -0.2) is 22.7 Å². The average molecular weight is 1030 g/mol. The van der Waals surface area contributed by atoms with Crippen LogP contribution in [-0.4, -0.2) is 30.8 Å². The van der Waals surface area contributed by atoms with E-state index in [1.807, 2.05) is 91.0 Å². The molecule has 4 aromatic carbocycles. The van der Waals surface area contributed by atoms with E-state index in [0.717, 1.165) is 65.5 Å². The smallest absolute Gasteiger partial charge is 0.220 e. The van der Waals surface area contributed by atoms with E-state index in [9.17, 15) is 4.79 Å². The zero-order valence-electron chi connectivity index (χ0n) is 33.8. The molecule has 0 saturated carbocycles. The van der Waals surface area contributed by atoms with E-state index in [0.29, 0.717) is 19.4 Å². The fraction of sp³-hybridized carbons (Fsp3) is 0.0566. The minimum atomic E-state index is 0. The molecule has 7 aromatic heterocycles. The van der Waals surface area contributed by atoms with Crippen LogP contribution >= 0.6 is 22.7 Å². The van der Waals surface area contributed by atoms with Crippen LogP contribution in [0.1, 0.15) is 17.5 Å². The summed E-state index contributed by atoms with van der Waals surface area (Å²) in [6, 6.07) is 61.7. The third kappa shape index (κ3) is 11.0. The first-order chi connectivity index (χ1) is 30.6. The molecule has 0 aliphatic carbocycles. The van der Waals surface area contributed by atoms with Crippen LogP contribution in [0.25, 0.3) is 74.5 Å².